The van der Waals surface area contributed by atoms with Crippen molar-refractivity contribution < 1.29 is 5.11 Å². The molecule has 0 aliphatic rings. The van der Waals surface area contributed by atoms with Crippen LogP contribution >= 0.6 is 0 Å². The van der Waals surface area contributed by atoms with E-state index < -0.39 is 0 Å². The molecule has 0 atom stereocenters. The van der Waals surface area contributed by atoms with Crippen LogP contribution in [0.4, 0.5) is 0 Å². The lowest BCUT2D eigenvalue weighted by Crippen LogP contribution is -2.17. The van der Waals surface area contributed by atoms with Gasteiger partial charge < -0.3 is 5.11 Å². The molecule has 0 aliphatic heterocycles. The van der Waals surface area contributed by atoms with Gasteiger partial charge in [-0.15, -0.1) is 0 Å². The van der Waals surface area contributed by atoms with Crippen LogP contribution in [0.3, 0.4) is 0 Å². The van der Waals surface area contributed by atoms with Gasteiger partial charge >= 0.3 is 0 Å². The zero-order valence-corrected chi connectivity index (χ0v) is 15.6. The molecule has 24 heavy (non-hydrogen) atoms. The Kier molecular flexibility index (Phi) is 5.12. The van der Waals surface area contributed by atoms with E-state index in [2.05, 4.69) is 57.6 Å². The minimum atomic E-state index is -0.130. The molecule has 0 bridgehead atoms. The molecule has 0 saturated carbocycles. The lowest BCUT2D eigenvalue weighted by Gasteiger charge is -2.26. The molecule has 0 amide bonds. The summed E-state index contributed by atoms with van der Waals surface area (Å²) in [6.07, 6.45) is 3.52. The number of aliphatic imine (C=N–C) groups is 1. The quantitative estimate of drug-likeness (QED) is 0.807. The molecule has 0 radical (unpaired) electrons. The number of benzene rings is 1. The molecule has 1 heterocycles. The van der Waals surface area contributed by atoms with Gasteiger partial charge in [0, 0.05) is 23.5 Å². The number of rotatable bonds is 3. The third-order valence-electron chi connectivity index (χ3n) is 4.02. The fourth-order valence-corrected chi connectivity index (χ4v) is 2.49. The van der Waals surface area contributed by atoms with E-state index in [1.165, 1.54) is 5.56 Å². The van der Waals surface area contributed by atoms with Crippen molar-refractivity contribution in [1.29, 1.82) is 0 Å². The van der Waals surface area contributed by atoms with Crippen molar-refractivity contribution in [3.8, 4) is 5.75 Å². The first kappa shape index (κ1) is 18.2. The van der Waals surface area contributed by atoms with Gasteiger partial charge in [0.1, 0.15) is 5.75 Å². The number of pyridine rings is 1. The molecule has 0 aliphatic carbocycles. The summed E-state index contributed by atoms with van der Waals surface area (Å²) in [5.74, 6) is 0.320. The summed E-state index contributed by atoms with van der Waals surface area (Å²) in [4.78, 5) is 8.74. The van der Waals surface area contributed by atoms with E-state index in [-0.39, 0.29) is 10.8 Å². The predicted octanol–water partition coefficient (Wildman–Crippen LogP) is 5.00. The number of aromatic hydroxyl groups is 1. The Labute approximate surface area is 145 Å². The molecule has 0 saturated heterocycles. The molecule has 0 spiro atoms. The van der Waals surface area contributed by atoms with Crippen LogP contribution in [0.5, 0.6) is 5.75 Å². The van der Waals surface area contributed by atoms with Crippen molar-refractivity contribution in [1.82, 2.24) is 4.98 Å². The maximum absolute atomic E-state index is 10.7. The maximum Gasteiger partial charge on any atom is 0.128 e. The third kappa shape index (κ3) is 4.44. The minimum Gasteiger partial charge on any atom is -0.507 e. The van der Waals surface area contributed by atoms with Gasteiger partial charge in [-0.05, 0) is 34.6 Å². The van der Waals surface area contributed by atoms with Crippen molar-refractivity contribution in [2.75, 3.05) is 0 Å². The van der Waals surface area contributed by atoms with Crippen molar-refractivity contribution in [2.45, 2.75) is 58.9 Å². The first-order valence-corrected chi connectivity index (χ1v) is 8.37. The molecular formula is C21H28N2O. The van der Waals surface area contributed by atoms with Crippen molar-refractivity contribution >= 4 is 6.21 Å². The molecule has 0 fully saturated rings. The Morgan fingerprint density at radius 3 is 2.29 bits per heavy atom. The summed E-state index contributed by atoms with van der Waals surface area (Å²) in [5, 5.41) is 10.7. The fraction of sp³-hybridized carbons (Fsp3) is 0.429. The van der Waals surface area contributed by atoms with Gasteiger partial charge in [-0.1, -0.05) is 53.7 Å². The Bertz CT molecular complexity index is 720. The van der Waals surface area contributed by atoms with Gasteiger partial charge in [0.05, 0.1) is 12.2 Å². The van der Waals surface area contributed by atoms with Gasteiger partial charge in [0.15, 0.2) is 0 Å². The van der Waals surface area contributed by atoms with Crippen LogP contribution in [0.15, 0.2) is 41.5 Å². The predicted molar refractivity (Wildman–Crippen MR) is 101 cm³/mol. The summed E-state index contributed by atoms with van der Waals surface area (Å²) in [7, 11) is 0. The molecule has 2 rings (SSSR count). The summed E-state index contributed by atoms with van der Waals surface area (Å²) in [6.45, 7) is 13.4. The van der Waals surface area contributed by atoms with E-state index in [1.54, 1.807) is 12.4 Å². The number of aromatic nitrogens is 1. The molecule has 0 unspecified atom stereocenters. The highest BCUT2D eigenvalue weighted by atomic mass is 16.3. The van der Waals surface area contributed by atoms with Crippen molar-refractivity contribution in [3.63, 3.8) is 0 Å². The largest absolute Gasteiger partial charge is 0.507 e. The number of nitrogens with zero attached hydrogens (tertiary/aromatic N) is 2. The fourth-order valence-electron chi connectivity index (χ4n) is 2.49. The number of hydrogen-bond donors (Lipinski definition) is 1. The van der Waals surface area contributed by atoms with Gasteiger partial charge in [-0.3, -0.25) is 9.98 Å². The number of phenolic OH excluding ortho intramolecular Hbond substituents is 1. The highest BCUT2D eigenvalue weighted by molar-refractivity contribution is 5.85. The SMILES string of the molecule is CC(C)(C)c1cc(/C=N/Cc2ccccn2)c(O)c(C(C)(C)C)c1. The molecule has 3 nitrogen and oxygen atoms in total. The zero-order chi connectivity index (χ0) is 18.0. The minimum absolute atomic E-state index is 0.0112. The van der Waals surface area contributed by atoms with Gasteiger partial charge in [-0.2, -0.15) is 0 Å². The first-order valence-electron chi connectivity index (χ1n) is 8.37. The van der Waals surface area contributed by atoms with E-state index >= 15 is 0 Å². The maximum atomic E-state index is 10.7. The van der Waals surface area contributed by atoms with E-state index in [0.29, 0.717) is 12.3 Å². The van der Waals surface area contributed by atoms with Gasteiger partial charge in [0.25, 0.3) is 0 Å². The van der Waals surface area contributed by atoms with Gasteiger partial charge in [-0.25, -0.2) is 0 Å². The third-order valence-corrected chi connectivity index (χ3v) is 4.02. The highest BCUT2D eigenvalue weighted by Gasteiger charge is 2.24. The zero-order valence-electron chi connectivity index (χ0n) is 15.6. The van der Waals surface area contributed by atoms with Crippen LogP contribution in [-0.4, -0.2) is 16.3 Å². The monoisotopic (exact) mass is 324 g/mol. The van der Waals surface area contributed by atoms with Crippen molar-refractivity contribution in [3.05, 3.63) is 58.9 Å². The Balaban J connectivity index is 2.41. The standard InChI is InChI=1S/C21H28N2O/c1-20(2,3)16-11-15(19(24)18(12-16)21(4,5)6)13-22-14-17-9-7-8-10-23-17/h7-13,24H,14H2,1-6H3/b22-13+. The molecule has 1 N–H and O–H groups in total. The molecule has 1 aromatic carbocycles. The summed E-state index contributed by atoms with van der Waals surface area (Å²) in [5.41, 5.74) is 3.71. The Morgan fingerprint density at radius 1 is 1.04 bits per heavy atom. The van der Waals surface area contributed by atoms with E-state index in [9.17, 15) is 5.11 Å². The number of phenols is 1. The van der Waals surface area contributed by atoms with E-state index in [0.717, 1.165) is 16.8 Å². The van der Waals surface area contributed by atoms with Crippen molar-refractivity contribution in [2.24, 2.45) is 4.99 Å². The molecule has 3 heteroatoms. The average molecular weight is 324 g/mol. The average Bonchev–Trinajstić information content (AvgIpc) is 2.47. The van der Waals surface area contributed by atoms with E-state index in [4.69, 9.17) is 0 Å². The van der Waals surface area contributed by atoms with E-state index in [1.807, 2.05) is 24.3 Å². The molecule has 2 aromatic rings. The van der Waals surface area contributed by atoms with Crippen LogP contribution in [-0.2, 0) is 17.4 Å². The molecule has 128 valence electrons. The summed E-state index contributed by atoms with van der Waals surface area (Å²) < 4.78 is 0. The Hall–Kier alpha value is -2.16. The van der Waals surface area contributed by atoms with Gasteiger partial charge in [0.2, 0.25) is 0 Å². The lowest BCUT2D eigenvalue weighted by atomic mass is 9.79. The smallest absolute Gasteiger partial charge is 0.128 e. The normalized spacial score (nSPS) is 12.8. The topological polar surface area (TPSA) is 45.5 Å². The Morgan fingerprint density at radius 2 is 1.75 bits per heavy atom. The second-order valence-corrected chi connectivity index (χ2v) is 8.25. The molecular weight excluding hydrogens is 296 g/mol. The first-order chi connectivity index (χ1) is 11.1. The van der Waals surface area contributed by atoms with Crippen LogP contribution in [0.1, 0.15) is 63.9 Å². The van der Waals surface area contributed by atoms with Crippen LogP contribution in [0.25, 0.3) is 0 Å². The summed E-state index contributed by atoms with van der Waals surface area (Å²) in [6, 6.07) is 9.94. The number of hydrogen-bond acceptors (Lipinski definition) is 3. The van der Waals surface area contributed by atoms with Crippen LogP contribution in [0, 0.1) is 0 Å². The second-order valence-electron chi connectivity index (χ2n) is 8.25. The summed E-state index contributed by atoms with van der Waals surface area (Å²) >= 11 is 0. The highest BCUT2D eigenvalue weighted by Crippen LogP contribution is 2.37. The molecule has 1 aromatic heterocycles. The van der Waals surface area contributed by atoms with Crippen LogP contribution < -0.4 is 0 Å². The second kappa shape index (κ2) is 6.76. The lowest BCUT2D eigenvalue weighted by molar-refractivity contribution is 0.444. The van der Waals surface area contributed by atoms with Crippen LogP contribution in [0.2, 0.25) is 0 Å².